The number of carbonyl (C=O) groups is 1. The van der Waals surface area contributed by atoms with Gasteiger partial charge in [0.1, 0.15) is 0 Å². The smallest absolute Gasteiger partial charge is 0.305 e. The van der Waals surface area contributed by atoms with E-state index in [-0.39, 0.29) is 5.97 Å². The Labute approximate surface area is 149 Å². The van der Waals surface area contributed by atoms with Crippen LogP contribution >= 0.6 is 24.4 Å². The molecule has 0 bridgehead atoms. The van der Waals surface area contributed by atoms with Gasteiger partial charge in [-0.25, -0.2) is 0 Å². The van der Waals surface area contributed by atoms with Crippen molar-refractivity contribution in [3.8, 4) is 0 Å². The number of nitrogens with one attached hydrogen (secondary N) is 4. The van der Waals surface area contributed by atoms with Crippen LogP contribution in [0.5, 0.6) is 0 Å². The standard InChI is InChI=1S/C15H28N4O2S2/c1-10-6-4-7-12(11(10)2)17-15(23)19-18-14(22)16-9-5-8-13(20)21-3/h10-12H,4-9H2,1-3H3,(H2,16,18,22)(H2,17,19,23)/t10-,11-,12-/m1/s1. The zero-order valence-electron chi connectivity index (χ0n) is 14.1. The SMILES string of the molecule is COC(=O)CCCNC(=S)NNC(=S)N[C@@H]1CCC[C@@H](C)[C@H]1C. The van der Waals surface area contributed by atoms with Crippen LogP contribution in [0.1, 0.15) is 46.0 Å². The Morgan fingerprint density at radius 2 is 1.87 bits per heavy atom. The van der Waals surface area contributed by atoms with E-state index in [1.807, 2.05) is 0 Å². The van der Waals surface area contributed by atoms with Gasteiger partial charge in [0.25, 0.3) is 0 Å². The molecule has 1 saturated carbocycles. The van der Waals surface area contributed by atoms with Crippen molar-refractivity contribution >= 4 is 40.6 Å². The lowest BCUT2D eigenvalue weighted by Gasteiger charge is -2.35. The molecular formula is C15H28N4O2S2. The molecule has 1 rings (SSSR count). The van der Waals surface area contributed by atoms with Crippen LogP contribution in [0.2, 0.25) is 0 Å². The number of carbonyl (C=O) groups excluding carboxylic acids is 1. The third-order valence-electron chi connectivity index (χ3n) is 4.38. The summed E-state index contributed by atoms with van der Waals surface area (Å²) >= 11 is 10.4. The van der Waals surface area contributed by atoms with Crippen molar-refractivity contribution in [2.45, 2.75) is 52.0 Å². The molecule has 0 aliphatic heterocycles. The first-order valence-corrected chi connectivity index (χ1v) is 8.92. The van der Waals surface area contributed by atoms with Crippen LogP contribution in [0, 0.1) is 11.8 Å². The molecule has 0 spiro atoms. The molecule has 1 fully saturated rings. The molecule has 0 unspecified atom stereocenters. The van der Waals surface area contributed by atoms with Gasteiger partial charge in [0.2, 0.25) is 0 Å². The molecule has 0 amide bonds. The summed E-state index contributed by atoms with van der Waals surface area (Å²) in [5.41, 5.74) is 5.75. The average Bonchev–Trinajstić information content (AvgIpc) is 2.53. The van der Waals surface area contributed by atoms with Gasteiger partial charge in [0.15, 0.2) is 10.2 Å². The molecule has 0 aromatic heterocycles. The molecule has 8 heteroatoms. The summed E-state index contributed by atoms with van der Waals surface area (Å²) in [5, 5.41) is 7.35. The maximum Gasteiger partial charge on any atom is 0.305 e. The molecule has 0 heterocycles. The number of ether oxygens (including phenoxy) is 1. The Balaban J connectivity index is 2.15. The Morgan fingerprint density at radius 1 is 1.17 bits per heavy atom. The first-order chi connectivity index (χ1) is 10.9. The van der Waals surface area contributed by atoms with Crippen LogP contribution in [-0.4, -0.2) is 35.9 Å². The Kier molecular flexibility index (Phi) is 9.16. The maximum atomic E-state index is 11.0. The molecule has 1 aliphatic rings. The summed E-state index contributed by atoms with van der Waals surface area (Å²) in [6.45, 7) is 5.16. The van der Waals surface area contributed by atoms with Gasteiger partial charge in [-0.15, -0.1) is 0 Å². The van der Waals surface area contributed by atoms with Crippen LogP contribution in [0.25, 0.3) is 0 Å². The number of esters is 1. The van der Waals surface area contributed by atoms with Gasteiger partial charge in [0.05, 0.1) is 7.11 Å². The number of thiocarbonyl (C=S) groups is 2. The van der Waals surface area contributed by atoms with Gasteiger partial charge < -0.3 is 15.4 Å². The highest BCUT2D eigenvalue weighted by molar-refractivity contribution is 7.80. The molecule has 0 aromatic rings. The van der Waals surface area contributed by atoms with Crippen LogP contribution in [0.15, 0.2) is 0 Å². The van der Waals surface area contributed by atoms with E-state index in [0.29, 0.717) is 41.6 Å². The van der Waals surface area contributed by atoms with Crippen LogP contribution in [0.4, 0.5) is 0 Å². The third-order valence-corrected chi connectivity index (χ3v) is 4.85. The second-order valence-corrected chi connectivity index (χ2v) is 6.85. The molecular weight excluding hydrogens is 332 g/mol. The molecule has 23 heavy (non-hydrogen) atoms. The van der Waals surface area contributed by atoms with Crippen LogP contribution in [-0.2, 0) is 9.53 Å². The number of methoxy groups -OCH3 is 1. The van der Waals surface area contributed by atoms with E-state index in [1.54, 1.807) is 0 Å². The number of rotatable bonds is 5. The second kappa shape index (κ2) is 10.6. The largest absolute Gasteiger partial charge is 0.469 e. The molecule has 6 nitrogen and oxygen atoms in total. The predicted molar refractivity (Wildman–Crippen MR) is 99.8 cm³/mol. The van der Waals surface area contributed by atoms with Crippen molar-refractivity contribution in [2.24, 2.45) is 11.8 Å². The highest BCUT2D eigenvalue weighted by Crippen LogP contribution is 2.29. The third kappa shape index (κ3) is 7.78. The normalized spacial score (nSPS) is 23.5. The fourth-order valence-electron chi connectivity index (χ4n) is 2.68. The highest BCUT2D eigenvalue weighted by Gasteiger charge is 2.27. The van der Waals surface area contributed by atoms with E-state index in [0.717, 1.165) is 12.3 Å². The first kappa shape index (κ1) is 19.9. The molecule has 1 aliphatic carbocycles. The maximum absolute atomic E-state index is 11.0. The quantitative estimate of drug-likeness (QED) is 0.255. The number of hydrogen-bond donors (Lipinski definition) is 4. The highest BCUT2D eigenvalue weighted by atomic mass is 32.1. The van der Waals surface area contributed by atoms with Crippen molar-refractivity contribution in [3.05, 3.63) is 0 Å². The molecule has 0 radical (unpaired) electrons. The zero-order valence-corrected chi connectivity index (χ0v) is 15.7. The van der Waals surface area contributed by atoms with Gasteiger partial charge in [-0.3, -0.25) is 15.6 Å². The minimum absolute atomic E-state index is 0.218. The van der Waals surface area contributed by atoms with Gasteiger partial charge >= 0.3 is 5.97 Å². The summed E-state index contributed by atoms with van der Waals surface area (Å²) in [7, 11) is 1.38. The minimum atomic E-state index is -0.218. The van der Waals surface area contributed by atoms with E-state index in [4.69, 9.17) is 24.4 Å². The fraction of sp³-hybridized carbons (Fsp3) is 0.800. The first-order valence-electron chi connectivity index (χ1n) is 8.11. The monoisotopic (exact) mass is 360 g/mol. The van der Waals surface area contributed by atoms with E-state index in [1.165, 1.54) is 20.0 Å². The van der Waals surface area contributed by atoms with Crippen LogP contribution < -0.4 is 21.5 Å². The Bertz CT molecular complexity index is 420. The van der Waals surface area contributed by atoms with Crippen molar-refractivity contribution < 1.29 is 9.53 Å². The topological polar surface area (TPSA) is 74.4 Å². The molecule has 4 N–H and O–H groups in total. The fourth-order valence-corrected chi connectivity index (χ4v) is 3.04. The van der Waals surface area contributed by atoms with Crippen LogP contribution in [0.3, 0.4) is 0 Å². The number of hydrazine groups is 1. The summed E-state index contributed by atoms with van der Waals surface area (Å²) < 4.78 is 4.57. The lowest BCUT2D eigenvalue weighted by Crippen LogP contribution is -2.54. The van der Waals surface area contributed by atoms with Gasteiger partial charge in [-0.05, 0) is 49.1 Å². The molecule has 0 aromatic carbocycles. The van der Waals surface area contributed by atoms with Crippen molar-refractivity contribution in [3.63, 3.8) is 0 Å². The van der Waals surface area contributed by atoms with E-state index in [9.17, 15) is 4.79 Å². The van der Waals surface area contributed by atoms with Crippen molar-refractivity contribution in [2.75, 3.05) is 13.7 Å². The van der Waals surface area contributed by atoms with E-state index < -0.39 is 0 Å². The average molecular weight is 361 g/mol. The van der Waals surface area contributed by atoms with Crippen molar-refractivity contribution in [1.29, 1.82) is 0 Å². The summed E-state index contributed by atoms with van der Waals surface area (Å²) in [6.07, 6.45) is 4.70. The van der Waals surface area contributed by atoms with Gasteiger partial charge in [-0.2, -0.15) is 0 Å². The summed E-state index contributed by atoms with van der Waals surface area (Å²) in [5.74, 6) is 1.10. The Morgan fingerprint density at radius 3 is 2.57 bits per heavy atom. The molecule has 132 valence electrons. The second-order valence-electron chi connectivity index (χ2n) is 6.03. The lowest BCUT2D eigenvalue weighted by molar-refractivity contribution is -0.140. The Hall–Kier alpha value is -1.15. The summed E-state index contributed by atoms with van der Waals surface area (Å²) in [6, 6.07) is 0.405. The molecule has 0 saturated heterocycles. The van der Waals surface area contributed by atoms with E-state index in [2.05, 4.69) is 40.1 Å². The number of hydrogen-bond acceptors (Lipinski definition) is 4. The lowest BCUT2D eigenvalue weighted by atomic mass is 9.78. The predicted octanol–water partition coefficient (Wildman–Crippen LogP) is 1.61. The molecule has 3 atom stereocenters. The van der Waals surface area contributed by atoms with E-state index >= 15 is 0 Å². The zero-order chi connectivity index (χ0) is 17.2. The van der Waals surface area contributed by atoms with Crippen molar-refractivity contribution in [1.82, 2.24) is 21.5 Å². The van der Waals surface area contributed by atoms with Gasteiger partial charge in [0, 0.05) is 19.0 Å². The minimum Gasteiger partial charge on any atom is -0.469 e. The van der Waals surface area contributed by atoms with Gasteiger partial charge in [-0.1, -0.05) is 26.7 Å². The summed E-state index contributed by atoms with van der Waals surface area (Å²) in [4.78, 5) is 11.0.